The molecule has 6 aromatic rings. The summed E-state index contributed by atoms with van der Waals surface area (Å²) in [6.07, 6.45) is 10.2. The van der Waals surface area contributed by atoms with Crippen molar-refractivity contribution in [3.63, 3.8) is 0 Å². The van der Waals surface area contributed by atoms with Crippen LogP contribution >= 0.6 is 0 Å². The van der Waals surface area contributed by atoms with Gasteiger partial charge in [0, 0.05) is 97.7 Å². The van der Waals surface area contributed by atoms with E-state index in [1.165, 1.54) is 0 Å². The van der Waals surface area contributed by atoms with Gasteiger partial charge < -0.3 is 39.3 Å². The Morgan fingerprint density at radius 1 is 0.630 bits per heavy atom. The molecule has 0 bridgehead atoms. The van der Waals surface area contributed by atoms with Crippen LogP contribution in [0.4, 0.5) is 23.4 Å². The maximum atomic E-state index is 12.7. The van der Waals surface area contributed by atoms with Crippen LogP contribution in [0.1, 0.15) is 31.8 Å². The van der Waals surface area contributed by atoms with Gasteiger partial charge in [-0.15, -0.1) is 0 Å². The number of piperazine rings is 1. The largest absolute Gasteiger partial charge is 0.423 e. The lowest BCUT2D eigenvalue weighted by Gasteiger charge is -2.27. The van der Waals surface area contributed by atoms with Crippen molar-refractivity contribution < 1.29 is 23.2 Å². The molecule has 2 amide bonds. The summed E-state index contributed by atoms with van der Waals surface area (Å²) in [4.78, 5) is 45.7. The van der Waals surface area contributed by atoms with Crippen molar-refractivity contribution in [2.75, 3.05) is 63.1 Å². The first kappa shape index (κ1) is 36.0. The number of nitrogens with zero attached hydrogens (tertiary/aromatic N) is 6. The van der Waals surface area contributed by atoms with E-state index in [2.05, 4.69) is 35.9 Å². The predicted molar refractivity (Wildman–Crippen MR) is 204 cm³/mol. The Morgan fingerprint density at radius 2 is 1.07 bits per heavy atom. The number of aromatic nitrogens is 4. The first-order valence-corrected chi connectivity index (χ1v) is 17.8. The summed E-state index contributed by atoms with van der Waals surface area (Å²) in [5.41, 5.74) is 6.70. The van der Waals surface area contributed by atoms with Gasteiger partial charge in [-0.25, -0.2) is 9.97 Å². The monoisotopic (exact) mass is 727 g/mol. The van der Waals surface area contributed by atoms with Crippen LogP contribution in [0.2, 0.25) is 0 Å². The van der Waals surface area contributed by atoms with E-state index in [1.807, 2.05) is 84.3 Å². The number of carbonyl (C=O) groups is 2. The number of ether oxygens (including phenoxy) is 1. The van der Waals surface area contributed by atoms with Gasteiger partial charge in [0.15, 0.2) is 11.5 Å². The average Bonchev–Trinajstić information content (AvgIpc) is 3.91. The van der Waals surface area contributed by atoms with E-state index < -0.39 is 0 Å². The quantitative estimate of drug-likeness (QED) is 0.166. The van der Waals surface area contributed by atoms with E-state index in [0.717, 1.165) is 59.8 Å². The molecular weight excluding hydrogens is 686 g/mol. The maximum Gasteiger partial charge on any atom is 0.299 e. The minimum absolute atomic E-state index is 0.00577. The van der Waals surface area contributed by atoms with Gasteiger partial charge in [-0.1, -0.05) is 12.1 Å². The van der Waals surface area contributed by atoms with Crippen LogP contribution in [-0.2, 0) is 4.74 Å². The van der Waals surface area contributed by atoms with E-state index in [9.17, 15) is 9.59 Å². The van der Waals surface area contributed by atoms with Crippen LogP contribution in [0.3, 0.4) is 0 Å². The topological polar surface area (TPSA) is 164 Å². The molecule has 4 aromatic heterocycles. The Bertz CT molecular complexity index is 2020. The number of carbonyl (C=O) groups excluding carboxylic acids is 2. The molecule has 0 spiro atoms. The van der Waals surface area contributed by atoms with Gasteiger partial charge in [0.05, 0.1) is 25.6 Å². The summed E-state index contributed by atoms with van der Waals surface area (Å²) >= 11 is 0. The van der Waals surface area contributed by atoms with Crippen LogP contribution in [0, 0.1) is 13.8 Å². The first-order chi connectivity index (χ1) is 26.4. The van der Waals surface area contributed by atoms with Crippen LogP contribution in [-0.4, -0.2) is 94.0 Å². The fraction of sp³-hybridized carbons (Fsp3) is 0.250. The molecule has 8 rings (SSSR count). The first-order valence-electron chi connectivity index (χ1n) is 17.8. The Labute approximate surface area is 312 Å². The minimum Gasteiger partial charge on any atom is -0.423 e. The zero-order valence-electron chi connectivity index (χ0n) is 30.1. The lowest BCUT2D eigenvalue weighted by Crippen LogP contribution is -2.46. The van der Waals surface area contributed by atoms with E-state index in [4.69, 9.17) is 13.6 Å². The summed E-state index contributed by atoms with van der Waals surface area (Å²) in [5.74, 6) is 1.36. The number of rotatable bonds is 8. The Kier molecular flexibility index (Phi) is 11.3. The predicted octanol–water partition coefficient (Wildman–Crippen LogP) is 6.10. The van der Waals surface area contributed by atoms with Gasteiger partial charge in [-0.3, -0.25) is 19.6 Å². The third-order valence-electron chi connectivity index (χ3n) is 9.10. The molecule has 0 atom stereocenters. The number of pyridine rings is 2. The highest BCUT2D eigenvalue weighted by atomic mass is 16.5. The molecule has 2 saturated heterocycles. The van der Waals surface area contributed by atoms with Gasteiger partial charge in [0.1, 0.15) is 0 Å². The number of anilines is 4. The van der Waals surface area contributed by atoms with Crippen molar-refractivity contribution in [1.82, 2.24) is 35.1 Å². The molecule has 6 heterocycles. The van der Waals surface area contributed by atoms with Gasteiger partial charge >= 0.3 is 0 Å². The number of hydrogen-bond donors (Lipinski definition) is 3. The average molecular weight is 728 g/mol. The summed E-state index contributed by atoms with van der Waals surface area (Å²) in [6, 6.07) is 19.5. The molecule has 54 heavy (non-hydrogen) atoms. The Hall–Kier alpha value is -6.38. The molecule has 0 radical (unpaired) electrons. The lowest BCUT2D eigenvalue weighted by molar-refractivity contribution is 0.0303. The third kappa shape index (κ3) is 8.80. The second kappa shape index (κ2) is 17.0. The highest BCUT2D eigenvalue weighted by molar-refractivity contribution is 5.96. The van der Waals surface area contributed by atoms with Crippen LogP contribution in [0.5, 0.6) is 0 Å². The number of amides is 2. The van der Waals surface area contributed by atoms with Crippen molar-refractivity contribution >= 4 is 35.2 Å². The van der Waals surface area contributed by atoms with Crippen molar-refractivity contribution in [3.05, 3.63) is 120 Å². The fourth-order valence-electron chi connectivity index (χ4n) is 5.97. The molecule has 2 aliphatic heterocycles. The van der Waals surface area contributed by atoms with E-state index >= 15 is 0 Å². The SMILES string of the molecule is Cc1ccc(C(=O)N2CCNCC2)cc1Nc1ncc(-c2ccncc2)o1.Cc1ccc(C(=O)N2CCOCC2)cc1Nc1ncc(-c2ccncc2)o1. The highest BCUT2D eigenvalue weighted by Crippen LogP contribution is 2.28. The van der Waals surface area contributed by atoms with Crippen LogP contribution in [0.25, 0.3) is 22.6 Å². The van der Waals surface area contributed by atoms with Gasteiger partial charge in [0.25, 0.3) is 23.8 Å². The molecule has 2 aliphatic rings. The summed E-state index contributed by atoms with van der Waals surface area (Å²) in [5, 5.41) is 9.61. The number of hydrogen-bond acceptors (Lipinski definition) is 12. The fourth-order valence-corrected chi connectivity index (χ4v) is 5.97. The molecule has 0 aliphatic carbocycles. The van der Waals surface area contributed by atoms with Crippen molar-refractivity contribution in [3.8, 4) is 22.6 Å². The third-order valence-corrected chi connectivity index (χ3v) is 9.10. The minimum atomic E-state index is 0.00577. The number of morpholine rings is 1. The van der Waals surface area contributed by atoms with Crippen LogP contribution in [0.15, 0.2) is 107 Å². The summed E-state index contributed by atoms with van der Waals surface area (Å²) in [7, 11) is 0. The van der Waals surface area contributed by atoms with Gasteiger partial charge in [-0.2, -0.15) is 0 Å². The van der Waals surface area contributed by atoms with E-state index in [1.54, 1.807) is 37.2 Å². The normalized spacial score (nSPS) is 14.2. The molecule has 276 valence electrons. The smallest absolute Gasteiger partial charge is 0.299 e. The molecular formula is C40H41N9O5. The second-order valence-electron chi connectivity index (χ2n) is 12.8. The maximum absolute atomic E-state index is 12.7. The van der Waals surface area contributed by atoms with Crippen molar-refractivity contribution in [2.24, 2.45) is 0 Å². The van der Waals surface area contributed by atoms with Crippen LogP contribution < -0.4 is 16.0 Å². The van der Waals surface area contributed by atoms with Crippen molar-refractivity contribution in [2.45, 2.75) is 13.8 Å². The second-order valence-corrected chi connectivity index (χ2v) is 12.8. The van der Waals surface area contributed by atoms with E-state index in [0.29, 0.717) is 61.0 Å². The molecule has 2 fully saturated rings. The number of aryl methyl sites for hydroxylation is 2. The van der Waals surface area contributed by atoms with Gasteiger partial charge in [-0.05, 0) is 73.5 Å². The molecule has 0 saturated carbocycles. The zero-order valence-corrected chi connectivity index (χ0v) is 30.1. The number of oxazole rings is 2. The molecule has 2 aromatic carbocycles. The molecule has 0 unspecified atom stereocenters. The molecule has 14 nitrogen and oxygen atoms in total. The van der Waals surface area contributed by atoms with Gasteiger partial charge in [0.2, 0.25) is 0 Å². The lowest BCUT2D eigenvalue weighted by atomic mass is 10.1. The molecule has 3 N–H and O–H groups in total. The highest BCUT2D eigenvalue weighted by Gasteiger charge is 2.21. The number of nitrogens with one attached hydrogen (secondary N) is 3. The standard InChI is InChI=1S/C20H21N5O2.C20H20N4O3/c1-14-2-3-16(19(26)25-10-8-22-9-11-25)12-17(14)24-20-23-13-18(27-20)15-4-6-21-7-5-15;1-14-2-3-16(19(25)24-8-10-26-11-9-24)12-17(14)23-20-22-13-18(27-20)15-4-6-21-7-5-15/h2-7,12-13,22H,8-11H2,1H3,(H,23,24);2-7,12-13H,8-11H2,1H3,(H,22,23). The Morgan fingerprint density at radius 3 is 1.54 bits per heavy atom. The molecule has 14 heteroatoms. The van der Waals surface area contributed by atoms with E-state index in [-0.39, 0.29) is 11.8 Å². The Balaban J connectivity index is 0.000000167. The zero-order chi connectivity index (χ0) is 37.3. The van der Waals surface area contributed by atoms with Crippen molar-refractivity contribution in [1.29, 1.82) is 0 Å². The summed E-state index contributed by atoms with van der Waals surface area (Å²) < 4.78 is 16.9. The number of benzene rings is 2. The summed E-state index contributed by atoms with van der Waals surface area (Å²) in [6.45, 7) is 9.46.